The van der Waals surface area contributed by atoms with E-state index in [0.717, 1.165) is 12.8 Å². The molecule has 0 bridgehead atoms. The van der Waals surface area contributed by atoms with Gasteiger partial charge in [-0.3, -0.25) is 9.59 Å². The van der Waals surface area contributed by atoms with Crippen molar-refractivity contribution in [3.8, 4) is 0 Å². The van der Waals surface area contributed by atoms with E-state index in [9.17, 15) is 14.4 Å². The molecule has 1 saturated carbocycles. The summed E-state index contributed by atoms with van der Waals surface area (Å²) in [7, 11) is 0. The molecule has 2 N–H and O–H groups in total. The molecule has 1 aliphatic carbocycles. The molecule has 0 aromatic rings. The van der Waals surface area contributed by atoms with E-state index >= 15 is 0 Å². The number of carboxylic acids is 1. The predicted molar refractivity (Wildman–Crippen MR) is 75.4 cm³/mol. The van der Waals surface area contributed by atoms with E-state index in [2.05, 4.69) is 5.32 Å². The first-order chi connectivity index (χ1) is 9.52. The summed E-state index contributed by atoms with van der Waals surface area (Å²) in [6.07, 6.45) is 4.54. The van der Waals surface area contributed by atoms with Crippen molar-refractivity contribution in [2.75, 3.05) is 18.6 Å². The molecular weight excluding hydrogens is 280 g/mol. The van der Waals surface area contributed by atoms with Crippen molar-refractivity contribution in [2.24, 2.45) is 5.92 Å². The number of rotatable bonds is 7. The third kappa shape index (κ3) is 3.65. The van der Waals surface area contributed by atoms with Crippen molar-refractivity contribution in [2.45, 2.75) is 37.8 Å². The van der Waals surface area contributed by atoms with Crippen LogP contribution in [0, 0.1) is 5.92 Å². The molecule has 2 fully saturated rings. The summed E-state index contributed by atoms with van der Waals surface area (Å²) < 4.78 is 0. The maximum Gasteiger partial charge on any atom is 0.326 e. The number of nitrogens with one attached hydrogen (secondary N) is 1. The molecule has 0 aromatic carbocycles. The number of amides is 2. The fraction of sp³-hybridized carbons (Fsp3) is 0.769. The quantitative estimate of drug-likeness (QED) is 0.707. The van der Waals surface area contributed by atoms with Gasteiger partial charge in [-0.1, -0.05) is 0 Å². The summed E-state index contributed by atoms with van der Waals surface area (Å²) in [5.41, 5.74) is 0. The normalized spacial score (nSPS) is 23.8. The maximum atomic E-state index is 12.1. The highest BCUT2D eigenvalue weighted by molar-refractivity contribution is 7.98. The number of aliphatic carboxylic acids is 1. The van der Waals surface area contributed by atoms with Crippen molar-refractivity contribution in [3.05, 3.63) is 0 Å². The van der Waals surface area contributed by atoms with E-state index in [0.29, 0.717) is 24.8 Å². The largest absolute Gasteiger partial charge is 0.480 e. The van der Waals surface area contributed by atoms with Gasteiger partial charge in [0.15, 0.2) is 0 Å². The summed E-state index contributed by atoms with van der Waals surface area (Å²) in [6, 6.07) is -0.549. The van der Waals surface area contributed by atoms with Crippen LogP contribution in [0.25, 0.3) is 0 Å². The molecule has 0 radical (unpaired) electrons. The van der Waals surface area contributed by atoms with Gasteiger partial charge in [0.2, 0.25) is 11.8 Å². The van der Waals surface area contributed by atoms with Crippen molar-refractivity contribution in [1.29, 1.82) is 0 Å². The zero-order valence-corrected chi connectivity index (χ0v) is 12.3. The lowest BCUT2D eigenvalue weighted by atomic mass is 10.1. The van der Waals surface area contributed by atoms with Gasteiger partial charge in [0, 0.05) is 19.0 Å². The summed E-state index contributed by atoms with van der Waals surface area (Å²) in [4.78, 5) is 36.8. The van der Waals surface area contributed by atoms with Crippen LogP contribution in [0.3, 0.4) is 0 Å². The number of carboxylic acid groups (broad SMARTS) is 1. The minimum absolute atomic E-state index is 0.0173. The average Bonchev–Trinajstić information content (AvgIpc) is 3.17. The summed E-state index contributed by atoms with van der Waals surface area (Å²) in [5, 5.41) is 11.7. The Morgan fingerprint density at radius 2 is 2.20 bits per heavy atom. The van der Waals surface area contributed by atoms with Gasteiger partial charge in [0.25, 0.3) is 0 Å². The number of likely N-dealkylation sites (tertiary alicyclic amines) is 1. The lowest BCUT2D eigenvalue weighted by molar-refractivity contribution is -0.142. The first kappa shape index (κ1) is 15.2. The van der Waals surface area contributed by atoms with Crippen LogP contribution in [0.5, 0.6) is 0 Å². The van der Waals surface area contributed by atoms with Gasteiger partial charge in [-0.25, -0.2) is 4.79 Å². The van der Waals surface area contributed by atoms with E-state index in [1.165, 1.54) is 0 Å². The SMILES string of the molecule is CSCC[C@@H](NC(=O)C1CC(=O)N(C2CC2)C1)C(=O)O. The monoisotopic (exact) mass is 300 g/mol. The summed E-state index contributed by atoms with van der Waals surface area (Å²) >= 11 is 1.54. The molecular formula is C13H20N2O4S. The smallest absolute Gasteiger partial charge is 0.326 e. The molecule has 6 nitrogen and oxygen atoms in total. The number of hydrogen-bond donors (Lipinski definition) is 2. The van der Waals surface area contributed by atoms with E-state index in [1.54, 1.807) is 16.7 Å². The molecule has 112 valence electrons. The van der Waals surface area contributed by atoms with Crippen LogP contribution >= 0.6 is 11.8 Å². The number of nitrogens with zero attached hydrogens (tertiary/aromatic N) is 1. The first-order valence-corrected chi connectivity index (χ1v) is 8.24. The predicted octanol–water partition coefficient (Wildman–Crippen LogP) is 0.320. The van der Waals surface area contributed by atoms with Gasteiger partial charge in [-0.2, -0.15) is 11.8 Å². The molecule has 1 unspecified atom stereocenters. The second-order valence-electron chi connectivity index (χ2n) is 5.36. The Kier molecular flexibility index (Phi) is 4.91. The Hall–Kier alpha value is -1.24. The molecule has 2 rings (SSSR count). The van der Waals surface area contributed by atoms with E-state index in [4.69, 9.17) is 5.11 Å². The van der Waals surface area contributed by atoms with Crippen LogP contribution < -0.4 is 5.32 Å². The molecule has 1 saturated heterocycles. The fourth-order valence-electron chi connectivity index (χ4n) is 2.43. The molecule has 2 amide bonds. The third-order valence-electron chi connectivity index (χ3n) is 3.74. The highest BCUT2D eigenvalue weighted by atomic mass is 32.2. The standard InChI is InChI=1S/C13H20N2O4S/c1-20-5-4-10(13(18)19)14-12(17)8-6-11(16)15(7-8)9-2-3-9/h8-10H,2-7H2,1H3,(H,14,17)(H,18,19)/t8?,10-/m1/s1. The minimum Gasteiger partial charge on any atom is -0.480 e. The molecule has 2 atom stereocenters. The van der Waals surface area contributed by atoms with Crippen molar-refractivity contribution >= 4 is 29.5 Å². The van der Waals surface area contributed by atoms with Crippen LogP contribution in [0.15, 0.2) is 0 Å². The lowest BCUT2D eigenvalue weighted by Gasteiger charge is -2.18. The highest BCUT2D eigenvalue weighted by Crippen LogP contribution is 2.32. The van der Waals surface area contributed by atoms with Crippen LogP contribution in [0.2, 0.25) is 0 Å². The Balaban J connectivity index is 1.87. The number of carbonyl (C=O) groups is 3. The Labute approximate surface area is 122 Å². The lowest BCUT2D eigenvalue weighted by Crippen LogP contribution is -2.44. The second-order valence-corrected chi connectivity index (χ2v) is 6.34. The van der Waals surface area contributed by atoms with Gasteiger partial charge in [0.1, 0.15) is 6.04 Å². The molecule has 1 heterocycles. The van der Waals surface area contributed by atoms with E-state index in [1.807, 2.05) is 6.26 Å². The van der Waals surface area contributed by atoms with E-state index in [-0.39, 0.29) is 18.2 Å². The molecule has 0 aromatic heterocycles. The minimum atomic E-state index is -1.02. The zero-order valence-electron chi connectivity index (χ0n) is 11.5. The fourth-order valence-corrected chi connectivity index (χ4v) is 2.90. The number of carbonyl (C=O) groups excluding carboxylic acids is 2. The first-order valence-electron chi connectivity index (χ1n) is 6.84. The maximum absolute atomic E-state index is 12.1. The highest BCUT2D eigenvalue weighted by Gasteiger charge is 2.42. The molecule has 0 spiro atoms. The number of thioether (sulfide) groups is 1. The van der Waals surface area contributed by atoms with Crippen LogP contribution in [-0.2, 0) is 14.4 Å². The van der Waals surface area contributed by atoms with Gasteiger partial charge in [0.05, 0.1) is 5.92 Å². The van der Waals surface area contributed by atoms with Gasteiger partial charge in [-0.15, -0.1) is 0 Å². The van der Waals surface area contributed by atoms with Gasteiger partial charge < -0.3 is 15.3 Å². The Morgan fingerprint density at radius 3 is 2.75 bits per heavy atom. The topological polar surface area (TPSA) is 86.7 Å². The Bertz CT molecular complexity index is 411. The van der Waals surface area contributed by atoms with Crippen LogP contribution in [0.1, 0.15) is 25.7 Å². The third-order valence-corrected chi connectivity index (χ3v) is 4.39. The molecule has 7 heteroatoms. The van der Waals surface area contributed by atoms with Gasteiger partial charge >= 0.3 is 5.97 Å². The molecule has 20 heavy (non-hydrogen) atoms. The summed E-state index contributed by atoms with van der Waals surface area (Å²) in [6.45, 7) is 0.435. The van der Waals surface area contributed by atoms with Crippen molar-refractivity contribution in [1.82, 2.24) is 10.2 Å². The van der Waals surface area contributed by atoms with Gasteiger partial charge in [-0.05, 0) is 31.3 Å². The van der Waals surface area contributed by atoms with Crippen LogP contribution in [-0.4, -0.2) is 58.4 Å². The second kappa shape index (κ2) is 6.47. The average molecular weight is 300 g/mol. The molecule has 1 aliphatic heterocycles. The number of hydrogen-bond acceptors (Lipinski definition) is 4. The zero-order chi connectivity index (χ0) is 14.7. The summed E-state index contributed by atoms with van der Waals surface area (Å²) in [5.74, 6) is -1.04. The molecule has 2 aliphatic rings. The Morgan fingerprint density at radius 1 is 1.50 bits per heavy atom. The van der Waals surface area contributed by atoms with Crippen molar-refractivity contribution in [3.63, 3.8) is 0 Å². The van der Waals surface area contributed by atoms with Crippen LogP contribution in [0.4, 0.5) is 0 Å². The van der Waals surface area contributed by atoms with E-state index < -0.39 is 17.9 Å². The van der Waals surface area contributed by atoms with Crippen molar-refractivity contribution < 1.29 is 19.5 Å².